The van der Waals surface area contributed by atoms with Gasteiger partial charge in [0.05, 0.1) is 15.5 Å². The molecule has 212 valence electrons. The van der Waals surface area contributed by atoms with Crippen molar-refractivity contribution in [3.63, 3.8) is 0 Å². The van der Waals surface area contributed by atoms with Crippen molar-refractivity contribution in [1.82, 2.24) is 20.1 Å². The number of likely N-dealkylation sites (tertiary alicyclic amines) is 1. The second kappa shape index (κ2) is 13.1. The molecule has 0 bridgehead atoms. The first kappa shape index (κ1) is 28.5. The molecule has 0 radical (unpaired) electrons. The topological polar surface area (TPSA) is 94.9 Å². The molecule has 0 atom stereocenters. The predicted molar refractivity (Wildman–Crippen MR) is 162 cm³/mol. The van der Waals surface area contributed by atoms with Gasteiger partial charge in [0.15, 0.2) is 0 Å². The lowest BCUT2D eigenvalue weighted by atomic mass is 10.0. The van der Waals surface area contributed by atoms with Crippen LogP contribution in [0, 0.1) is 10.1 Å². The number of aromatic nitrogens is 1. The van der Waals surface area contributed by atoms with Crippen LogP contribution in [-0.2, 0) is 13.1 Å². The van der Waals surface area contributed by atoms with Gasteiger partial charge in [-0.3, -0.25) is 24.7 Å². The predicted octanol–water partition coefficient (Wildman–Crippen LogP) is 5.37. The molecule has 5 rings (SSSR count). The molecule has 2 fully saturated rings. The first-order valence-corrected chi connectivity index (χ1v) is 14.7. The molecule has 2 aliphatic rings. The molecule has 3 aromatic rings. The summed E-state index contributed by atoms with van der Waals surface area (Å²) >= 11 is 10.0. The number of nitrogens with one attached hydrogen (secondary N) is 1. The fourth-order valence-corrected chi connectivity index (χ4v) is 5.95. The molecule has 1 amide bonds. The van der Waals surface area contributed by atoms with E-state index in [4.69, 9.17) is 11.6 Å². The van der Waals surface area contributed by atoms with Crippen molar-refractivity contribution < 1.29 is 11.1 Å². The number of carbonyl (C=O) groups is 1. The van der Waals surface area contributed by atoms with E-state index >= 15 is 0 Å². The van der Waals surface area contributed by atoms with Crippen molar-refractivity contribution in [2.24, 2.45) is 0 Å². The zero-order valence-electron chi connectivity index (χ0n) is 22.1. The van der Waals surface area contributed by atoms with Gasteiger partial charge in [0.25, 0.3) is 11.6 Å². The van der Waals surface area contributed by atoms with Crippen LogP contribution in [0.15, 0.2) is 65.3 Å². The summed E-state index contributed by atoms with van der Waals surface area (Å²) in [5.41, 5.74) is 2.70. The summed E-state index contributed by atoms with van der Waals surface area (Å²) in [6.07, 6.45) is 3.82. The maximum absolute atomic E-state index is 12.6. The molecule has 0 saturated carbocycles. The summed E-state index contributed by atoms with van der Waals surface area (Å²) in [7, 11) is 0. The zero-order chi connectivity index (χ0) is 28.1. The summed E-state index contributed by atoms with van der Waals surface area (Å²) in [5.74, 6) is 0.525. The minimum Gasteiger partial charge on any atom is -0.353 e. The maximum atomic E-state index is 12.6. The number of halogens is 2. The van der Waals surface area contributed by atoms with Gasteiger partial charge in [-0.2, -0.15) is 0 Å². The largest absolute Gasteiger partial charge is 0.353 e. The molecule has 3 heterocycles. The fraction of sp³-hybridized carbons (Fsp3) is 0.379. The summed E-state index contributed by atoms with van der Waals surface area (Å²) in [6, 6.07) is 16.9. The number of hydrogen-bond donors (Lipinski definition) is 1. The number of nitrogens with zero attached hydrogens (tertiary/aromatic N) is 5. The van der Waals surface area contributed by atoms with E-state index in [-0.39, 0.29) is 17.9 Å². The summed E-state index contributed by atoms with van der Waals surface area (Å²) < 4.78 is 0.997. The number of hydrogen-bond acceptors (Lipinski definition) is 7. The van der Waals surface area contributed by atoms with E-state index in [1.807, 2.05) is 36.4 Å². The molecule has 40 heavy (non-hydrogen) atoms. The molecule has 0 spiro atoms. The monoisotopic (exact) mass is 628 g/mol. The summed E-state index contributed by atoms with van der Waals surface area (Å²) in [5, 5.41) is 14.3. The second-order valence-electron chi connectivity index (χ2n) is 10.3. The number of carbonyl (C=O) groups excluding carboxylic acids is 1. The lowest BCUT2D eigenvalue weighted by Crippen LogP contribution is -2.53. The first-order valence-electron chi connectivity index (χ1n) is 13.5. The van der Waals surface area contributed by atoms with Crippen molar-refractivity contribution in [3.8, 4) is 0 Å². The van der Waals surface area contributed by atoms with Crippen molar-refractivity contribution in [2.45, 2.75) is 32.0 Å². The molecule has 0 unspecified atom stereocenters. The third-order valence-electron chi connectivity index (χ3n) is 7.69. The van der Waals surface area contributed by atoms with E-state index in [0.29, 0.717) is 23.2 Å². The summed E-state index contributed by atoms with van der Waals surface area (Å²) in [4.78, 5) is 34.9. The molecule has 11 heteroatoms. The van der Waals surface area contributed by atoms with E-state index in [1.165, 1.54) is 0 Å². The Bertz CT molecular complexity index is 1330. The Hall–Kier alpha value is -3.05. The highest BCUT2D eigenvalue weighted by Crippen LogP contribution is 2.27. The Labute approximate surface area is 248 Å². The van der Waals surface area contributed by atoms with Gasteiger partial charge >= 0.3 is 0 Å². The smallest absolute Gasteiger partial charge is 0.269 e. The highest BCUT2D eigenvalue weighted by molar-refractivity contribution is 9.10. The Morgan fingerprint density at radius 1 is 1.02 bits per heavy atom. The van der Waals surface area contributed by atoms with E-state index < -0.39 is 0 Å². The Kier molecular flexibility index (Phi) is 9.31. The number of amides is 1. The Morgan fingerprint density at radius 3 is 2.30 bits per heavy atom. The normalized spacial score (nSPS) is 17.1. The average molecular weight is 630 g/mol. The minimum atomic E-state index is -0.361. The van der Waals surface area contributed by atoms with Crippen LogP contribution in [0.1, 0.15) is 35.8 Å². The van der Waals surface area contributed by atoms with Crippen LogP contribution in [0.5, 0.6) is 0 Å². The van der Waals surface area contributed by atoms with Crippen molar-refractivity contribution in [1.29, 1.82) is 0 Å². The van der Waals surface area contributed by atoms with Crippen molar-refractivity contribution in [3.05, 3.63) is 97.1 Å². The molecular formula is C29H34BrClN6O3. The zero-order valence-corrected chi connectivity index (χ0v) is 24.5. The SMILES string of the molecule is O=C(NCc1ccc(Br)cc1)c1cnc(N2CCN(C3CCN(Cc4ccc([N+](=O)[O-])cc4)CC3)CC2)c(Cl)c1.[HH]. The van der Waals surface area contributed by atoms with E-state index in [2.05, 4.69) is 40.9 Å². The molecule has 2 saturated heterocycles. The number of non-ortho nitro benzene ring substituents is 1. The van der Waals surface area contributed by atoms with Crippen LogP contribution >= 0.6 is 27.5 Å². The third kappa shape index (κ3) is 7.17. The van der Waals surface area contributed by atoms with E-state index in [9.17, 15) is 14.9 Å². The van der Waals surface area contributed by atoms with Gasteiger partial charge in [-0.25, -0.2) is 4.98 Å². The van der Waals surface area contributed by atoms with Crippen LogP contribution < -0.4 is 10.2 Å². The number of nitro benzene ring substituents is 1. The van der Waals surface area contributed by atoms with E-state index in [0.717, 1.165) is 80.1 Å². The van der Waals surface area contributed by atoms with Gasteiger partial charge in [-0.15, -0.1) is 0 Å². The highest BCUT2D eigenvalue weighted by Gasteiger charge is 2.28. The standard InChI is InChI=1S/C29H32BrClN6O3.H2/c30-24-5-1-21(2-6-24)18-33-29(38)23-17-27(31)28(32-19-23)36-15-13-35(14-16-36)25-9-11-34(12-10-25)20-22-3-7-26(8-4-22)37(39)40;/h1-8,17,19,25H,9-16,18,20H2,(H,33,38);1H. The van der Waals surface area contributed by atoms with Gasteiger partial charge in [-0.1, -0.05) is 51.8 Å². The van der Waals surface area contributed by atoms with E-state index in [1.54, 1.807) is 24.4 Å². The highest BCUT2D eigenvalue weighted by atomic mass is 79.9. The number of nitro groups is 1. The van der Waals surface area contributed by atoms with Crippen molar-refractivity contribution in [2.75, 3.05) is 44.2 Å². The van der Waals surface area contributed by atoms with Crippen LogP contribution in [0.4, 0.5) is 11.5 Å². The van der Waals surface area contributed by atoms with Crippen molar-refractivity contribution >= 4 is 44.9 Å². The number of rotatable bonds is 8. The number of piperidine rings is 1. The quantitative estimate of drug-likeness (QED) is 0.265. The molecule has 1 N–H and O–H groups in total. The number of anilines is 1. The number of piperazine rings is 1. The Morgan fingerprint density at radius 2 is 1.68 bits per heavy atom. The van der Waals surface area contributed by atoms with Crippen LogP contribution in [0.3, 0.4) is 0 Å². The average Bonchev–Trinajstić information content (AvgIpc) is 2.97. The molecule has 0 aliphatic carbocycles. The lowest BCUT2D eigenvalue weighted by Gasteiger charge is -2.43. The van der Waals surface area contributed by atoms with Gasteiger partial charge in [-0.05, 0) is 55.3 Å². The third-order valence-corrected chi connectivity index (χ3v) is 8.50. The maximum Gasteiger partial charge on any atom is 0.269 e. The Balaban J connectivity index is 0.00000387. The first-order chi connectivity index (χ1) is 19.4. The summed E-state index contributed by atoms with van der Waals surface area (Å²) in [6.45, 7) is 6.85. The van der Waals surface area contributed by atoms with Gasteiger partial charge < -0.3 is 10.2 Å². The van der Waals surface area contributed by atoms with Crippen LogP contribution in [-0.4, -0.2) is 70.9 Å². The molecule has 2 aliphatic heterocycles. The number of benzene rings is 2. The van der Waals surface area contributed by atoms with Gasteiger partial charge in [0.2, 0.25) is 0 Å². The van der Waals surface area contributed by atoms with Gasteiger partial charge in [0, 0.05) is 69.5 Å². The van der Waals surface area contributed by atoms with Crippen LogP contribution in [0.25, 0.3) is 0 Å². The molecule has 9 nitrogen and oxygen atoms in total. The second-order valence-corrected chi connectivity index (χ2v) is 11.6. The fourth-order valence-electron chi connectivity index (χ4n) is 5.40. The lowest BCUT2D eigenvalue weighted by molar-refractivity contribution is -0.384. The molecule has 2 aromatic carbocycles. The molecular weight excluding hydrogens is 596 g/mol. The molecule has 1 aromatic heterocycles. The number of pyridine rings is 1. The van der Waals surface area contributed by atoms with Gasteiger partial charge in [0.1, 0.15) is 5.82 Å². The van der Waals surface area contributed by atoms with Crippen LogP contribution in [0.2, 0.25) is 5.02 Å². The minimum absolute atomic E-state index is 0.